The van der Waals surface area contributed by atoms with Gasteiger partial charge in [0.2, 0.25) is 0 Å². The van der Waals surface area contributed by atoms with Crippen LogP contribution in [0.25, 0.3) is 0 Å². The Balaban J connectivity index is 1.51. The minimum Gasteiger partial charge on any atom is -0.364 e. The molecule has 2 aliphatic carbocycles. The maximum atomic E-state index is 11.7. The van der Waals surface area contributed by atoms with Gasteiger partial charge in [0.05, 0.1) is 18.1 Å². The first kappa shape index (κ1) is 17.7. The molecule has 27 heavy (non-hydrogen) atoms. The molecule has 2 atom stereocenters. The lowest BCUT2D eigenvalue weighted by Crippen LogP contribution is -2.42. The quantitative estimate of drug-likeness (QED) is 0.581. The van der Waals surface area contributed by atoms with E-state index in [2.05, 4.69) is 25.7 Å². The molecule has 9 heteroatoms. The molecule has 1 amide bonds. The van der Waals surface area contributed by atoms with E-state index in [4.69, 9.17) is 11.5 Å². The second-order valence-corrected chi connectivity index (χ2v) is 7.54. The molecule has 0 saturated heterocycles. The third-order valence-electron chi connectivity index (χ3n) is 5.20. The van der Waals surface area contributed by atoms with Gasteiger partial charge in [0.1, 0.15) is 5.82 Å². The lowest BCUT2D eigenvalue weighted by molar-refractivity contribution is 0.0996. The van der Waals surface area contributed by atoms with Gasteiger partial charge in [-0.1, -0.05) is 12.8 Å². The number of nitrogens with two attached hydrogens (primary N) is 2. The van der Waals surface area contributed by atoms with Crippen LogP contribution in [0.4, 0.5) is 17.3 Å². The zero-order valence-electron chi connectivity index (χ0n) is 15.3. The van der Waals surface area contributed by atoms with Crippen molar-refractivity contribution in [2.75, 3.05) is 10.6 Å². The molecule has 0 unspecified atom stereocenters. The molecule has 2 aromatic heterocycles. The molecule has 2 fully saturated rings. The van der Waals surface area contributed by atoms with Crippen LogP contribution < -0.4 is 22.1 Å². The van der Waals surface area contributed by atoms with Crippen LogP contribution in [0.1, 0.15) is 49.0 Å². The van der Waals surface area contributed by atoms with Crippen LogP contribution in [0, 0.1) is 5.92 Å². The first-order valence-electron chi connectivity index (χ1n) is 9.57. The summed E-state index contributed by atoms with van der Waals surface area (Å²) < 4.78 is 1.90. The Morgan fingerprint density at radius 3 is 2.78 bits per heavy atom. The molecule has 6 N–H and O–H groups in total. The molecule has 144 valence electrons. The Kier molecular flexibility index (Phi) is 4.93. The number of hydrogen-bond acceptors (Lipinski definition) is 7. The average Bonchev–Trinajstić information content (AvgIpc) is 3.35. The minimum absolute atomic E-state index is 0.0911. The van der Waals surface area contributed by atoms with Crippen LogP contribution in [0.5, 0.6) is 0 Å². The molecule has 0 spiro atoms. The molecule has 4 rings (SSSR count). The zero-order chi connectivity index (χ0) is 18.8. The predicted molar refractivity (Wildman–Crippen MR) is 103 cm³/mol. The normalized spacial score (nSPS) is 22.4. The van der Waals surface area contributed by atoms with Gasteiger partial charge in [0, 0.05) is 24.8 Å². The molecule has 0 aromatic carbocycles. The van der Waals surface area contributed by atoms with Crippen LogP contribution in [-0.2, 0) is 6.54 Å². The second kappa shape index (κ2) is 7.51. The number of anilines is 3. The molecule has 2 saturated carbocycles. The number of amides is 1. The third-order valence-corrected chi connectivity index (χ3v) is 5.20. The van der Waals surface area contributed by atoms with E-state index in [0.717, 1.165) is 43.8 Å². The number of aromatic nitrogens is 4. The van der Waals surface area contributed by atoms with Gasteiger partial charge in [0.15, 0.2) is 11.5 Å². The summed E-state index contributed by atoms with van der Waals surface area (Å²) >= 11 is 0. The average molecular weight is 370 g/mol. The highest BCUT2D eigenvalue weighted by molar-refractivity contribution is 5.96. The summed E-state index contributed by atoms with van der Waals surface area (Å²) in [5.74, 6) is 1.00. The van der Waals surface area contributed by atoms with Gasteiger partial charge in [-0.25, -0.2) is 9.97 Å². The summed E-state index contributed by atoms with van der Waals surface area (Å²) in [7, 11) is 0. The number of rotatable bonds is 7. The molecular weight excluding hydrogens is 344 g/mol. The van der Waals surface area contributed by atoms with Crippen molar-refractivity contribution in [3.05, 3.63) is 24.3 Å². The first-order valence-corrected chi connectivity index (χ1v) is 9.57. The van der Waals surface area contributed by atoms with Crippen molar-refractivity contribution >= 4 is 23.2 Å². The zero-order valence-corrected chi connectivity index (χ0v) is 15.3. The molecule has 9 nitrogen and oxygen atoms in total. The molecule has 0 bridgehead atoms. The number of carbonyl (C=O) groups is 1. The highest BCUT2D eigenvalue weighted by atomic mass is 16.1. The van der Waals surface area contributed by atoms with Gasteiger partial charge >= 0.3 is 0 Å². The van der Waals surface area contributed by atoms with Crippen molar-refractivity contribution < 1.29 is 4.79 Å². The number of nitrogens with zero attached hydrogens (tertiary/aromatic N) is 4. The lowest BCUT2D eigenvalue weighted by atomic mass is 9.91. The van der Waals surface area contributed by atoms with E-state index in [-0.39, 0.29) is 17.8 Å². The monoisotopic (exact) mass is 370 g/mol. The Labute approximate surface area is 157 Å². The fourth-order valence-electron chi connectivity index (χ4n) is 3.48. The molecule has 0 aliphatic heterocycles. The number of primary amides is 1. The predicted octanol–water partition coefficient (Wildman–Crippen LogP) is 1.61. The SMILES string of the molecule is NC(=O)c1ncc(N[C@@H]2CCCC[C@@H]2N)nc1Nc1cnn(CC2CC2)c1. The molecule has 2 aliphatic rings. The van der Waals surface area contributed by atoms with Gasteiger partial charge in [-0.05, 0) is 31.6 Å². The van der Waals surface area contributed by atoms with Gasteiger partial charge in [0.25, 0.3) is 5.91 Å². The molecule has 0 radical (unpaired) electrons. The summed E-state index contributed by atoms with van der Waals surface area (Å²) in [6.45, 7) is 0.914. The van der Waals surface area contributed by atoms with E-state index >= 15 is 0 Å². The maximum Gasteiger partial charge on any atom is 0.271 e. The number of nitrogens with one attached hydrogen (secondary N) is 2. The number of carbonyl (C=O) groups excluding carboxylic acids is 1. The highest BCUT2D eigenvalue weighted by Gasteiger charge is 2.24. The van der Waals surface area contributed by atoms with Crippen LogP contribution in [0.3, 0.4) is 0 Å². The van der Waals surface area contributed by atoms with E-state index in [0.29, 0.717) is 11.6 Å². The van der Waals surface area contributed by atoms with Gasteiger partial charge in [-0.2, -0.15) is 5.10 Å². The largest absolute Gasteiger partial charge is 0.364 e. The molecule has 2 aromatic rings. The van der Waals surface area contributed by atoms with Crippen molar-refractivity contribution in [3.8, 4) is 0 Å². The van der Waals surface area contributed by atoms with E-state index in [9.17, 15) is 4.79 Å². The summed E-state index contributed by atoms with van der Waals surface area (Å²) in [5.41, 5.74) is 12.5. The lowest BCUT2D eigenvalue weighted by Gasteiger charge is -2.29. The van der Waals surface area contributed by atoms with Crippen molar-refractivity contribution in [1.82, 2.24) is 19.7 Å². The Morgan fingerprint density at radius 1 is 1.22 bits per heavy atom. The smallest absolute Gasteiger partial charge is 0.271 e. The second-order valence-electron chi connectivity index (χ2n) is 7.54. The van der Waals surface area contributed by atoms with E-state index < -0.39 is 5.91 Å². The Bertz CT molecular complexity index is 815. The summed E-state index contributed by atoms with van der Waals surface area (Å²) in [6.07, 6.45) is 12.0. The molecule has 2 heterocycles. The van der Waals surface area contributed by atoms with E-state index in [1.54, 1.807) is 6.20 Å². The summed E-state index contributed by atoms with van der Waals surface area (Å²) in [5, 5.41) is 10.8. The fourth-order valence-corrected chi connectivity index (χ4v) is 3.48. The van der Waals surface area contributed by atoms with Crippen LogP contribution in [0.2, 0.25) is 0 Å². The third kappa shape index (κ3) is 4.36. The van der Waals surface area contributed by atoms with Gasteiger partial charge in [-0.15, -0.1) is 0 Å². The van der Waals surface area contributed by atoms with E-state index in [1.165, 1.54) is 19.0 Å². The Morgan fingerprint density at radius 2 is 2.04 bits per heavy atom. The Hall–Kier alpha value is -2.68. The number of hydrogen-bond donors (Lipinski definition) is 4. The summed E-state index contributed by atoms with van der Waals surface area (Å²) in [6, 6.07) is 0.245. The van der Waals surface area contributed by atoms with Crippen LogP contribution in [-0.4, -0.2) is 37.7 Å². The van der Waals surface area contributed by atoms with E-state index in [1.807, 2.05) is 10.9 Å². The maximum absolute atomic E-state index is 11.7. The van der Waals surface area contributed by atoms with Crippen molar-refractivity contribution in [3.63, 3.8) is 0 Å². The van der Waals surface area contributed by atoms with Crippen LogP contribution in [0.15, 0.2) is 18.6 Å². The topological polar surface area (TPSA) is 137 Å². The van der Waals surface area contributed by atoms with Crippen LogP contribution >= 0.6 is 0 Å². The fraction of sp³-hybridized carbons (Fsp3) is 0.556. The summed E-state index contributed by atoms with van der Waals surface area (Å²) in [4.78, 5) is 20.5. The van der Waals surface area contributed by atoms with Gasteiger partial charge in [-0.3, -0.25) is 9.48 Å². The van der Waals surface area contributed by atoms with Crippen molar-refractivity contribution in [1.29, 1.82) is 0 Å². The van der Waals surface area contributed by atoms with Crippen molar-refractivity contribution in [2.45, 2.75) is 57.2 Å². The first-order chi connectivity index (χ1) is 13.1. The standard InChI is InChI=1S/C18H26N8O/c19-13-3-1-2-4-14(13)24-15-8-21-16(17(20)27)18(25-15)23-12-7-22-26(10-12)9-11-5-6-11/h7-8,10-11,13-14H,1-6,9,19H2,(H2,20,27)(H2,23,24,25)/t13-,14+/m0/s1. The molecular formula is C18H26N8O. The highest BCUT2D eigenvalue weighted by Crippen LogP contribution is 2.30. The van der Waals surface area contributed by atoms with Gasteiger partial charge < -0.3 is 22.1 Å². The van der Waals surface area contributed by atoms with Crippen molar-refractivity contribution in [2.24, 2.45) is 17.4 Å². The minimum atomic E-state index is -0.628.